The van der Waals surface area contributed by atoms with Gasteiger partial charge in [0.15, 0.2) is 5.11 Å². The first-order chi connectivity index (χ1) is 11.6. The van der Waals surface area contributed by atoms with Crippen molar-refractivity contribution in [3.8, 4) is 0 Å². The van der Waals surface area contributed by atoms with Crippen LogP contribution in [0.1, 0.15) is 35.6 Å². The van der Waals surface area contributed by atoms with E-state index in [1.165, 1.54) is 11.4 Å². The molecule has 2 aromatic rings. The number of rotatable bonds is 6. The summed E-state index contributed by atoms with van der Waals surface area (Å²) in [4.78, 5) is 6.82. The fourth-order valence-corrected chi connectivity index (χ4v) is 3.61. The van der Waals surface area contributed by atoms with Crippen molar-refractivity contribution in [2.24, 2.45) is 7.05 Å². The molecule has 0 amide bonds. The second-order valence-electron chi connectivity index (χ2n) is 6.12. The summed E-state index contributed by atoms with van der Waals surface area (Å²) >= 11 is 5.63. The third-order valence-electron chi connectivity index (χ3n) is 4.66. The van der Waals surface area contributed by atoms with Gasteiger partial charge in [0.1, 0.15) is 0 Å². The topological polar surface area (TPSA) is 42.3 Å². The quantitative estimate of drug-likeness (QED) is 0.645. The number of aryl methyl sites for hydroxylation is 1. The van der Waals surface area contributed by atoms with Gasteiger partial charge in [-0.2, -0.15) is 0 Å². The molecule has 24 heavy (non-hydrogen) atoms. The Hall–Kier alpha value is -1.92. The first kappa shape index (κ1) is 16.9. The Bertz CT molecular complexity index is 700. The van der Waals surface area contributed by atoms with Crippen molar-refractivity contribution in [2.45, 2.75) is 25.4 Å². The molecule has 128 valence electrons. The summed E-state index contributed by atoms with van der Waals surface area (Å²) in [6.07, 6.45) is 2.77. The highest BCUT2D eigenvalue weighted by Crippen LogP contribution is 2.38. The highest BCUT2D eigenvalue weighted by Gasteiger charge is 2.40. The molecule has 0 unspecified atom stereocenters. The lowest BCUT2D eigenvalue weighted by atomic mass is 10.0. The predicted molar refractivity (Wildman–Crippen MR) is 98.8 cm³/mol. The fraction of sp³-hybridized carbons (Fsp3) is 0.444. The number of hydrogen-bond acceptors (Lipinski definition) is 3. The predicted octanol–water partition coefficient (Wildman–Crippen LogP) is 2.74. The van der Waals surface area contributed by atoms with Gasteiger partial charge in [-0.05, 0) is 49.8 Å². The standard InChI is InChI=1S/C18H24N4OS/c1-13-8-9-15(21(13)2)17-16(14-7-4-5-10-19-14)20-18(24)22(17)11-6-12-23-3/h4-5,7-10,16-17H,6,11-12H2,1-3H3,(H,20,24)/t16-,17-/m0/s1. The molecule has 0 bridgehead atoms. The highest BCUT2D eigenvalue weighted by atomic mass is 32.1. The number of nitrogens with one attached hydrogen (secondary N) is 1. The molecule has 0 spiro atoms. The minimum atomic E-state index is 0.0502. The van der Waals surface area contributed by atoms with Crippen LogP contribution in [-0.2, 0) is 11.8 Å². The van der Waals surface area contributed by atoms with E-state index in [2.05, 4.69) is 51.9 Å². The van der Waals surface area contributed by atoms with Crippen molar-refractivity contribution in [1.29, 1.82) is 0 Å². The summed E-state index contributed by atoms with van der Waals surface area (Å²) in [5.74, 6) is 0. The van der Waals surface area contributed by atoms with Crippen LogP contribution in [0.25, 0.3) is 0 Å². The van der Waals surface area contributed by atoms with Crippen LogP contribution in [0.2, 0.25) is 0 Å². The molecule has 2 atom stereocenters. The molecule has 1 aliphatic rings. The molecule has 2 aromatic heterocycles. The van der Waals surface area contributed by atoms with Crippen LogP contribution < -0.4 is 5.32 Å². The van der Waals surface area contributed by atoms with Crippen LogP contribution in [0, 0.1) is 6.92 Å². The van der Waals surface area contributed by atoms with Gasteiger partial charge in [-0.15, -0.1) is 0 Å². The van der Waals surface area contributed by atoms with Gasteiger partial charge in [0.2, 0.25) is 0 Å². The number of methoxy groups -OCH3 is 1. The third kappa shape index (κ3) is 3.16. The lowest BCUT2D eigenvalue weighted by Gasteiger charge is -2.28. The van der Waals surface area contributed by atoms with Gasteiger partial charge in [-0.3, -0.25) is 4.98 Å². The van der Waals surface area contributed by atoms with Crippen LogP contribution in [-0.4, -0.2) is 39.8 Å². The summed E-state index contributed by atoms with van der Waals surface area (Å²) < 4.78 is 7.44. The SMILES string of the molecule is COCCCN1C(=S)N[C@@H](c2ccccn2)[C@@H]1c1ccc(C)n1C. The van der Waals surface area contributed by atoms with E-state index in [4.69, 9.17) is 17.0 Å². The molecule has 1 N–H and O–H groups in total. The first-order valence-electron chi connectivity index (χ1n) is 8.22. The van der Waals surface area contributed by atoms with Crippen LogP contribution in [0.15, 0.2) is 36.5 Å². The lowest BCUT2D eigenvalue weighted by molar-refractivity contribution is 0.179. The average Bonchev–Trinajstić information content (AvgIpc) is 3.09. The molecule has 0 radical (unpaired) electrons. The normalized spacial score (nSPS) is 20.5. The second-order valence-corrected chi connectivity index (χ2v) is 6.51. The van der Waals surface area contributed by atoms with Gasteiger partial charge in [0.05, 0.1) is 17.8 Å². The van der Waals surface area contributed by atoms with Crippen molar-refractivity contribution in [1.82, 2.24) is 19.8 Å². The third-order valence-corrected chi connectivity index (χ3v) is 5.01. The Morgan fingerprint density at radius 3 is 2.75 bits per heavy atom. The Balaban J connectivity index is 1.96. The second kappa shape index (κ2) is 7.32. The summed E-state index contributed by atoms with van der Waals surface area (Å²) in [7, 11) is 3.84. The number of aromatic nitrogens is 2. The molecule has 3 rings (SSSR count). The van der Waals surface area contributed by atoms with E-state index in [1.54, 1.807) is 7.11 Å². The van der Waals surface area contributed by atoms with Crippen LogP contribution in [0.4, 0.5) is 0 Å². The van der Waals surface area contributed by atoms with Gasteiger partial charge < -0.3 is 19.5 Å². The van der Waals surface area contributed by atoms with E-state index >= 15 is 0 Å². The maximum Gasteiger partial charge on any atom is 0.170 e. The van der Waals surface area contributed by atoms with E-state index in [-0.39, 0.29) is 12.1 Å². The first-order valence-corrected chi connectivity index (χ1v) is 8.63. The minimum absolute atomic E-state index is 0.0502. The summed E-state index contributed by atoms with van der Waals surface area (Å²) in [5, 5.41) is 4.26. The van der Waals surface area contributed by atoms with Gasteiger partial charge >= 0.3 is 0 Å². The van der Waals surface area contributed by atoms with Crippen molar-refractivity contribution in [3.05, 3.63) is 53.6 Å². The summed E-state index contributed by atoms with van der Waals surface area (Å²) in [5.41, 5.74) is 3.49. The van der Waals surface area contributed by atoms with Gasteiger partial charge in [-0.25, -0.2) is 0 Å². The molecule has 6 heteroatoms. The fourth-order valence-electron chi connectivity index (χ4n) is 3.28. The lowest BCUT2D eigenvalue weighted by Crippen LogP contribution is -2.32. The molecule has 5 nitrogen and oxygen atoms in total. The van der Waals surface area contributed by atoms with E-state index < -0.39 is 0 Å². The molecule has 0 aliphatic carbocycles. The molecule has 0 saturated carbocycles. The van der Waals surface area contributed by atoms with Crippen molar-refractivity contribution >= 4 is 17.3 Å². The molecule has 1 saturated heterocycles. The summed E-state index contributed by atoms with van der Waals surface area (Å²) in [6, 6.07) is 10.5. The van der Waals surface area contributed by atoms with E-state index in [1.807, 2.05) is 18.3 Å². The van der Waals surface area contributed by atoms with Crippen molar-refractivity contribution in [2.75, 3.05) is 20.3 Å². The molecule has 1 aliphatic heterocycles. The van der Waals surface area contributed by atoms with Gasteiger partial charge in [-0.1, -0.05) is 6.07 Å². The highest BCUT2D eigenvalue weighted by molar-refractivity contribution is 7.80. The zero-order valence-electron chi connectivity index (χ0n) is 14.4. The zero-order chi connectivity index (χ0) is 17.1. The summed E-state index contributed by atoms with van der Waals surface area (Å²) in [6.45, 7) is 3.71. The molecule has 0 aromatic carbocycles. The number of pyridine rings is 1. The number of thiocarbonyl (C=S) groups is 1. The van der Waals surface area contributed by atoms with Crippen molar-refractivity contribution in [3.63, 3.8) is 0 Å². The Morgan fingerprint density at radius 1 is 1.29 bits per heavy atom. The number of ether oxygens (including phenoxy) is 1. The van der Waals surface area contributed by atoms with Crippen LogP contribution >= 0.6 is 12.2 Å². The van der Waals surface area contributed by atoms with E-state index in [0.29, 0.717) is 0 Å². The van der Waals surface area contributed by atoms with Gasteiger partial charge in [0.25, 0.3) is 0 Å². The Kier molecular flexibility index (Phi) is 5.16. The molecular formula is C18H24N4OS. The van der Waals surface area contributed by atoms with E-state index in [9.17, 15) is 0 Å². The molecule has 3 heterocycles. The van der Waals surface area contributed by atoms with Gasteiger partial charge in [0, 0.05) is 44.9 Å². The maximum absolute atomic E-state index is 5.63. The van der Waals surface area contributed by atoms with Crippen molar-refractivity contribution < 1.29 is 4.74 Å². The number of nitrogens with zero attached hydrogens (tertiary/aromatic N) is 3. The maximum atomic E-state index is 5.63. The monoisotopic (exact) mass is 344 g/mol. The molecular weight excluding hydrogens is 320 g/mol. The average molecular weight is 344 g/mol. The largest absolute Gasteiger partial charge is 0.385 e. The number of hydrogen-bond donors (Lipinski definition) is 1. The van der Waals surface area contributed by atoms with Crippen LogP contribution in [0.3, 0.4) is 0 Å². The minimum Gasteiger partial charge on any atom is -0.385 e. The Morgan fingerprint density at radius 2 is 2.12 bits per heavy atom. The smallest absolute Gasteiger partial charge is 0.170 e. The van der Waals surface area contributed by atoms with E-state index in [0.717, 1.165) is 30.4 Å². The molecule has 1 fully saturated rings. The zero-order valence-corrected chi connectivity index (χ0v) is 15.2. The Labute approximate surface area is 148 Å². The van der Waals surface area contributed by atoms with Crippen LogP contribution in [0.5, 0.6) is 0 Å².